The second-order valence-electron chi connectivity index (χ2n) is 5.09. The molecule has 0 fully saturated rings. The minimum atomic E-state index is -0.0925. The topological polar surface area (TPSA) is 60.2 Å². The summed E-state index contributed by atoms with van der Waals surface area (Å²) >= 11 is 0. The molecule has 1 aromatic heterocycles. The summed E-state index contributed by atoms with van der Waals surface area (Å²) < 4.78 is 7.43. The van der Waals surface area contributed by atoms with Crippen LogP contribution < -0.4 is 4.74 Å². The van der Waals surface area contributed by atoms with Gasteiger partial charge >= 0.3 is 0 Å². The van der Waals surface area contributed by atoms with Crippen molar-refractivity contribution in [2.45, 2.75) is 46.1 Å². The first-order valence-electron chi connectivity index (χ1n) is 7.51. The SMILES string of the molecule is CCCCCCOc1ccc(-n2nnc(CO)c2C)cc1. The molecule has 1 aromatic carbocycles. The van der Waals surface area contributed by atoms with Crippen LogP contribution in [0.5, 0.6) is 5.75 Å². The molecule has 0 saturated heterocycles. The van der Waals surface area contributed by atoms with E-state index < -0.39 is 0 Å². The molecule has 2 rings (SSSR count). The molecule has 0 radical (unpaired) electrons. The number of nitrogens with zero attached hydrogens (tertiary/aromatic N) is 3. The third-order valence-electron chi connectivity index (χ3n) is 3.49. The molecule has 5 nitrogen and oxygen atoms in total. The standard InChI is InChI=1S/C16H23N3O2/c1-3-4-5-6-11-21-15-9-7-14(8-10-15)19-13(2)16(12-20)17-18-19/h7-10,20H,3-6,11-12H2,1-2H3. The van der Waals surface area contributed by atoms with E-state index in [2.05, 4.69) is 17.2 Å². The largest absolute Gasteiger partial charge is 0.494 e. The lowest BCUT2D eigenvalue weighted by atomic mass is 10.2. The predicted octanol–water partition coefficient (Wildman–Crippen LogP) is 3.03. The minimum Gasteiger partial charge on any atom is -0.494 e. The van der Waals surface area contributed by atoms with E-state index in [4.69, 9.17) is 9.84 Å². The maximum atomic E-state index is 9.15. The Labute approximate surface area is 125 Å². The Morgan fingerprint density at radius 2 is 1.90 bits per heavy atom. The Morgan fingerprint density at radius 1 is 1.14 bits per heavy atom. The molecule has 114 valence electrons. The van der Waals surface area contributed by atoms with Gasteiger partial charge in [-0.3, -0.25) is 0 Å². The molecule has 0 bridgehead atoms. The van der Waals surface area contributed by atoms with Crippen LogP contribution in [0.3, 0.4) is 0 Å². The Morgan fingerprint density at radius 3 is 2.52 bits per heavy atom. The lowest BCUT2D eigenvalue weighted by Crippen LogP contribution is -2.01. The van der Waals surface area contributed by atoms with Crippen molar-refractivity contribution in [1.29, 1.82) is 0 Å². The molecule has 0 atom stereocenters. The summed E-state index contributed by atoms with van der Waals surface area (Å²) in [5.41, 5.74) is 2.37. The second kappa shape index (κ2) is 7.78. The van der Waals surface area contributed by atoms with Crippen molar-refractivity contribution in [2.24, 2.45) is 0 Å². The van der Waals surface area contributed by atoms with Crippen LogP contribution in [0.25, 0.3) is 5.69 Å². The fourth-order valence-electron chi connectivity index (χ4n) is 2.15. The minimum absolute atomic E-state index is 0.0925. The first kappa shape index (κ1) is 15.5. The summed E-state index contributed by atoms with van der Waals surface area (Å²) in [6, 6.07) is 7.78. The Hall–Kier alpha value is -1.88. The highest BCUT2D eigenvalue weighted by Crippen LogP contribution is 2.17. The van der Waals surface area contributed by atoms with Gasteiger partial charge in [-0.15, -0.1) is 5.10 Å². The van der Waals surface area contributed by atoms with Crippen LogP contribution in [0, 0.1) is 6.92 Å². The van der Waals surface area contributed by atoms with Gasteiger partial charge in [0.1, 0.15) is 11.4 Å². The lowest BCUT2D eigenvalue weighted by molar-refractivity contribution is 0.276. The van der Waals surface area contributed by atoms with E-state index >= 15 is 0 Å². The number of benzene rings is 1. The van der Waals surface area contributed by atoms with Crippen molar-refractivity contribution in [2.75, 3.05) is 6.61 Å². The van der Waals surface area contributed by atoms with E-state index in [-0.39, 0.29) is 6.61 Å². The Kier molecular flexibility index (Phi) is 5.75. The monoisotopic (exact) mass is 289 g/mol. The van der Waals surface area contributed by atoms with Crippen LogP contribution in [0.2, 0.25) is 0 Å². The summed E-state index contributed by atoms with van der Waals surface area (Å²) in [5, 5.41) is 17.1. The van der Waals surface area contributed by atoms with Gasteiger partial charge in [0.2, 0.25) is 0 Å². The highest BCUT2D eigenvalue weighted by Gasteiger charge is 2.08. The molecule has 0 aliphatic rings. The summed E-state index contributed by atoms with van der Waals surface area (Å²) in [7, 11) is 0. The summed E-state index contributed by atoms with van der Waals surface area (Å²) in [6.07, 6.45) is 4.82. The number of hydrogen-bond donors (Lipinski definition) is 1. The molecule has 0 unspecified atom stereocenters. The van der Waals surface area contributed by atoms with Crippen molar-refractivity contribution in [3.8, 4) is 11.4 Å². The van der Waals surface area contributed by atoms with Gasteiger partial charge in [-0.05, 0) is 37.6 Å². The molecule has 0 saturated carbocycles. The fourth-order valence-corrected chi connectivity index (χ4v) is 2.15. The average Bonchev–Trinajstić information content (AvgIpc) is 2.88. The van der Waals surface area contributed by atoms with E-state index in [1.165, 1.54) is 19.3 Å². The first-order chi connectivity index (χ1) is 10.3. The number of aliphatic hydroxyl groups excluding tert-OH is 1. The molecule has 1 heterocycles. The van der Waals surface area contributed by atoms with Gasteiger partial charge in [0, 0.05) is 0 Å². The third kappa shape index (κ3) is 4.04. The number of unbranched alkanes of at least 4 members (excludes halogenated alkanes) is 3. The molecule has 21 heavy (non-hydrogen) atoms. The number of rotatable bonds is 8. The van der Waals surface area contributed by atoms with Gasteiger partial charge < -0.3 is 9.84 Å². The van der Waals surface area contributed by atoms with Gasteiger partial charge in [-0.1, -0.05) is 31.4 Å². The molecule has 2 aromatic rings. The zero-order chi connectivity index (χ0) is 15.1. The van der Waals surface area contributed by atoms with E-state index in [1.54, 1.807) is 4.68 Å². The van der Waals surface area contributed by atoms with E-state index in [0.717, 1.165) is 30.2 Å². The van der Waals surface area contributed by atoms with Crippen molar-refractivity contribution in [1.82, 2.24) is 15.0 Å². The Bertz CT molecular complexity index is 549. The van der Waals surface area contributed by atoms with Gasteiger partial charge in [0.15, 0.2) is 0 Å². The van der Waals surface area contributed by atoms with E-state index in [0.29, 0.717) is 5.69 Å². The Balaban J connectivity index is 1.94. The van der Waals surface area contributed by atoms with Crippen LogP contribution in [0.4, 0.5) is 0 Å². The van der Waals surface area contributed by atoms with Crippen LogP contribution >= 0.6 is 0 Å². The zero-order valence-corrected chi connectivity index (χ0v) is 12.7. The molecule has 1 N–H and O–H groups in total. The predicted molar refractivity (Wildman–Crippen MR) is 81.7 cm³/mol. The van der Waals surface area contributed by atoms with Crippen molar-refractivity contribution >= 4 is 0 Å². The van der Waals surface area contributed by atoms with Gasteiger partial charge in [-0.2, -0.15) is 0 Å². The normalized spacial score (nSPS) is 10.8. The average molecular weight is 289 g/mol. The molecule has 0 spiro atoms. The smallest absolute Gasteiger partial charge is 0.119 e. The fraction of sp³-hybridized carbons (Fsp3) is 0.500. The molecular weight excluding hydrogens is 266 g/mol. The van der Waals surface area contributed by atoms with Gasteiger partial charge in [-0.25, -0.2) is 4.68 Å². The molecule has 0 aliphatic heterocycles. The van der Waals surface area contributed by atoms with Crippen molar-refractivity contribution in [3.05, 3.63) is 35.7 Å². The first-order valence-corrected chi connectivity index (χ1v) is 7.51. The van der Waals surface area contributed by atoms with Crippen LogP contribution in [0.1, 0.15) is 44.0 Å². The van der Waals surface area contributed by atoms with Crippen molar-refractivity contribution in [3.63, 3.8) is 0 Å². The zero-order valence-electron chi connectivity index (χ0n) is 12.7. The number of hydrogen-bond acceptors (Lipinski definition) is 4. The maximum Gasteiger partial charge on any atom is 0.119 e. The molecule has 5 heteroatoms. The molecule has 0 aliphatic carbocycles. The number of ether oxygens (including phenoxy) is 1. The quantitative estimate of drug-likeness (QED) is 0.759. The molecular formula is C16H23N3O2. The number of aromatic nitrogens is 3. The van der Waals surface area contributed by atoms with E-state index in [9.17, 15) is 0 Å². The summed E-state index contributed by atoms with van der Waals surface area (Å²) in [5.74, 6) is 0.871. The second-order valence-corrected chi connectivity index (χ2v) is 5.09. The van der Waals surface area contributed by atoms with Gasteiger partial charge in [0.25, 0.3) is 0 Å². The highest BCUT2D eigenvalue weighted by molar-refractivity contribution is 5.38. The van der Waals surface area contributed by atoms with Crippen LogP contribution in [-0.2, 0) is 6.61 Å². The number of aliphatic hydroxyl groups is 1. The van der Waals surface area contributed by atoms with E-state index in [1.807, 2.05) is 31.2 Å². The molecule has 0 amide bonds. The summed E-state index contributed by atoms with van der Waals surface area (Å²) in [4.78, 5) is 0. The maximum absolute atomic E-state index is 9.15. The van der Waals surface area contributed by atoms with Gasteiger partial charge in [0.05, 0.1) is 24.6 Å². The van der Waals surface area contributed by atoms with Crippen LogP contribution in [0.15, 0.2) is 24.3 Å². The lowest BCUT2D eigenvalue weighted by Gasteiger charge is -2.08. The highest BCUT2D eigenvalue weighted by atomic mass is 16.5. The summed E-state index contributed by atoms with van der Waals surface area (Å²) in [6.45, 7) is 4.76. The van der Waals surface area contributed by atoms with Crippen LogP contribution in [-0.4, -0.2) is 26.7 Å². The van der Waals surface area contributed by atoms with Crippen molar-refractivity contribution < 1.29 is 9.84 Å². The third-order valence-corrected chi connectivity index (χ3v) is 3.49.